The van der Waals surface area contributed by atoms with Crippen LogP contribution in [-0.2, 0) is 29.1 Å². The van der Waals surface area contributed by atoms with Crippen LogP contribution in [0.3, 0.4) is 0 Å². The SMILES string of the molecule is O=C(O)C(=O)N(Cc1cc(-c2ccccc2)ccc1F)Cc1c(Br)cc(C(=O)NCCc2ccc(-c3ccccc3)cc2)cc1Br. The first-order chi connectivity index (χ1) is 22.2. The van der Waals surface area contributed by atoms with Crippen molar-refractivity contribution in [3.8, 4) is 22.3 Å². The van der Waals surface area contributed by atoms with Crippen molar-refractivity contribution in [3.05, 3.63) is 152 Å². The molecule has 0 heterocycles. The molecule has 0 aromatic heterocycles. The third-order valence-corrected chi connectivity index (χ3v) is 8.91. The number of carboxylic acids is 1. The molecule has 0 unspecified atom stereocenters. The second-order valence-electron chi connectivity index (χ2n) is 10.6. The highest BCUT2D eigenvalue weighted by atomic mass is 79.9. The molecule has 0 saturated heterocycles. The molecule has 0 aliphatic carbocycles. The summed E-state index contributed by atoms with van der Waals surface area (Å²) in [6, 6.07) is 35.5. The number of carboxylic acid groups (broad SMARTS) is 1. The van der Waals surface area contributed by atoms with Crippen molar-refractivity contribution < 1.29 is 23.9 Å². The Balaban J connectivity index is 1.26. The minimum Gasteiger partial charge on any atom is -0.474 e. The smallest absolute Gasteiger partial charge is 0.394 e. The van der Waals surface area contributed by atoms with E-state index in [2.05, 4.69) is 61.4 Å². The number of amides is 2. The fourth-order valence-electron chi connectivity index (χ4n) is 5.04. The third kappa shape index (κ3) is 8.16. The maximum Gasteiger partial charge on any atom is 0.394 e. The molecule has 0 atom stereocenters. The van der Waals surface area contributed by atoms with Gasteiger partial charge in [-0.1, -0.05) is 123 Å². The lowest BCUT2D eigenvalue weighted by Crippen LogP contribution is -2.36. The van der Waals surface area contributed by atoms with Crippen molar-refractivity contribution in [1.29, 1.82) is 0 Å². The molecule has 6 nitrogen and oxygen atoms in total. The summed E-state index contributed by atoms with van der Waals surface area (Å²) in [5.41, 5.74) is 6.03. The molecule has 0 bridgehead atoms. The van der Waals surface area contributed by atoms with E-state index in [0.717, 1.165) is 32.7 Å². The second kappa shape index (κ2) is 15.1. The van der Waals surface area contributed by atoms with Gasteiger partial charge in [-0.2, -0.15) is 0 Å². The Morgan fingerprint density at radius 3 is 1.83 bits per heavy atom. The average Bonchev–Trinajstić information content (AvgIpc) is 3.07. The Bertz CT molecular complexity index is 1840. The van der Waals surface area contributed by atoms with Crippen LogP contribution in [0, 0.1) is 5.82 Å². The van der Waals surface area contributed by atoms with Gasteiger partial charge in [0.2, 0.25) is 0 Å². The Hall–Kier alpha value is -4.60. The molecule has 2 amide bonds. The van der Waals surface area contributed by atoms with E-state index in [1.807, 2.05) is 60.7 Å². The lowest BCUT2D eigenvalue weighted by atomic mass is 10.0. The van der Waals surface area contributed by atoms with E-state index < -0.39 is 17.7 Å². The van der Waals surface area contributed by atoms with Crippen molar-refractivity contribution in [2.45, 2.75) is 19.5 Å². The zero-order valence-corrected chi connectivity index (χ0v) is 27.7. The Morgan fingerprint density at radius 2 is 1.24 bits per heavy atom. The number of hydrogen-bond donors (Lipinski definition) is 2. The highest BCUT2D eigenvalue weighted by Crippen LogP contribution is 2.30. The Morgan fingerprint density at radius 1 is 0.696 bits per heavy atom. The van der Waals surface area contributed by atoms with Crippen molar-refractivity contribution in [2.75, 3.05) is 6.54 Å². The van der Waals surface area contributed by atoms with Crippen molar-refractivity contribution in [2.24, 2.45) is 0 Å². The monoisotopic (exact) mass is 742 g/mol. The highest BCUT2D eigenvalue weighted by Gasteiger charge is 2.25. The number of nitrogens with zero attached hydrogens (tertiary/aromatic N) is 1. The Labute approximate surface area is 283 Å². The van der Waals surface area contributed by atoms with Crippen molar-refractivity contribution in [3.63, 3.8) is 0 Å². The van der Waals surface area contributed by atoms with E-state index in [-0.39, 0.29) is 24.6 Å². The minimum atomic E-state index is -1.66. The lowest BCUT2D eigenvalue weighted by molar-refractivity contribution is -0.156. The standard InChI is InChI=1S/C37H29Br2FN2O4/c38-32-20-29(35(43)41-18-17-24-11-13-27(14-12-24)25-7-3-1-4-8-25)21-33(39)31(32)23-42(36(44)37(45)46)22-30-19-28(15-16-34(30)40)26-9-5-2-6-10-26/h1-16,19-21H,17-18,22-23H2,(H,41,43)(H,45,46). The van der Waals surface area contributed by atoms with Crippen LogP contribution in [0.1, 0.15) is 27.0 Å². The molecule has 46 heavy (non-hydrogen) atoms. The van der Waals surface area contributed by atoms with Gasteiger partial charge in [0.1, 0.15) is 5.82 Å². The van der Waals surface area contributed by atoms with E-state index in [1.54, 1.807) is 24.3 Å². The first-order valence-electron chi connectivity index (χ1n) is 14.5. The summed E-state index contributed by atoms with van der Waals surface area (Å²) in [6.07, 6.45) is 0.648. The molecular weight excluding hydrogens is 715 g/mol. The fraction of sp³-hybridized carbons (Fsp3) is 0.108. The van der Waals surface area contributed by atoms with Gasteiger partial charge in [-0.3, -0.25) is 9.59 Å². The van der Waals surface area contributed by atoms with Crippen LogP contribution in [0.2, 0.25) is 0 Å². The van der Waals surface area contributed by atoms with Crippen LogP contribution < -0.4 is 5.32 Å². The maximum atomic E-state index is 14.9. The summed E-state index contributed by atoms with van der Waals surface area (Å²) < 4.78 is 15.9. The van der Waals surface area contributed by atoms with Crippen LogP contribution in [0.5, 0.6) is 0 Å². The molecule has 9 heteroatoms. The quantitative estimate of drug-likeness (QED) is 0.141. The first-order valence-corrected chi connectivity index (χ1v) is 16.0. The van der Waals surface area contributed by atoms with Crippen molar-refractivity contribution >= 4 is 49.6 Å². The predicted octanol–water partition coefficient (Wildman–Crippen LogP) is 8.27. The van der Waals surface area contributed by atoms with E-state index in [1.165, 1.54) is 6.07 Å². The minimum absolute atomic E-state index is 0.151. The zero-order chi connectivity index (χ0) is 32.6. The normalized spacial score (nSPS) is 10.8. The van der Waals surface area contributed by atoms with Crippen LogP contribution in [0.25, 0.3) is 22.3 Å². The van der Waals surface area contributed by atoms with E-state index in [9.17, 15) is 23.9 Å². The summed E-state index contributed by atoms with van der Waals surface area (Å²) >= 11 is 6.97. The topological polar surface area (TPSA) is 86.7 Å². The molecule has 5 aromatic carbocycles. The summed E-state index contributed by atoms with van der Waals surface area (Å²) in [5.74, 6) is -3.67. The summed E-state index contributed by atoms with van der Waals surface area (Å²) in [6.45, 7) is 0.00226. The molecule has 0 spiro atoms. The molecule has 5 rings (SSSR count). The number of benzene rings is 5. The van der Waals surface area contributed by atoms with Gasteiger partial charge in [0.15, 0.2) is 0 Å². The molecule has 0 fully saturated rings. The zero-order valence-electron chi connectivity index (χ0n) is 24.6. The van der Waals surface area contributed by atoms with Gasteiger partial charge in [-0.15, -0.1) is 0 Å². The van der Waals surface area contributed by atoms with Crippen LogP contribution in [0.15, 0.2) is 124 Å². The first kappa shape index (κ1) is 32.8. The highest BCUT2D eigenvalue weighted by molar-refractivity contribution is 9.11. The van der Waals surface area contributed by atoms with Crippen molar-refractivity contribution in [1.82, 2.24) is 10.2 Å². The van der Waals surface area contributed by atoms with Gasteiger partial charge in [-0.05, 0) is 64.1 Å². The van der Waals surface area contributed by atoms with Gasteiger partial charge in [-0.25, -0.2) is 9.18 Å². The third-order valence-electron chi connectivity index (χ3n) is 7.50. The van der Waals surface area contributed by atoms with Gasteiger partial charge in [0, 0.05) is 39.7 Å². The Kier molecular flexibility index (Phi) is 10.8. The van der Waals surface area contributed by atoms with Gasteiger partial charge >= 0.3 is 11.9 Å². The maximum absolute atomic E-state index is 14.9. The number of halogens is 3. The molecule has 0 aliphatic rings. The van der Waals surface area contributed by atoms with E-state index in [4.69, 9.17) is 0 Å². The molecule has 0 radical (unpaired) electrons. The summed E-state index contributed by atoms with van der Waals surface area (Å²) in [7, 11) is 0. The number of carbonyl (C=O) groups is 3. The fourth-order valence-corrected chi connectivity index (χ4v) is 6.48. The largest absolute Gasteiger partial charge is 0.474 e. The second-order valence-corrected chi connectivity index (χ2v) is 12.3. The van der Waals surface area contributed by atoms with Gasteiger partial charge < -0.3 is 15.3 Å². The number of hydrogen-bond acceptors (Lipinski definition) is 3. The predicted molar refractivity (Wildman–Crippen MR) is 183 cm³/mol. The van der Waals surface area contributed by atoms with E-state index in [0.29, 0.717) is 33.0 Å². The molecule has 0 saturated carbocycles. The molecule has 2 N–H and O–H groups in total. The van der Waals surface area contributed by atoms with Crippen LogP contribution in [-0.4, -0.2) is 34.3 Å². The molecule has 232 valence electrons. The lowest BCUT2D eigenvalue weighted by Gasteiger charge is -2.23. The van der Waals surface area contributed by atoms with Gasteiger partial charge in [0.25, 0.3) is 5.91 Å². The van der Waals surface area contributed by atoms with Crippen LogP contribution >= 0.6 is 31.9 Å². The average molecular weight is 744 g/mol. The van der Waals surface area contributed by atoms with Crippen LogP contribution in [0.4, 0.5) is 4.39 Å². The molecule has 5 aromatic rings. The van der Waals surface area contributed by atoms with E-state index >= 15 is 0 Å². The number of carbonyl (C=O) groups excluding carboxylic acids is 2. The summed E-state index contributed by atoms with van der Waals surface area (Å²) in [5, 5.41) is 12.5. The number of aliphatic carboxylic acids is 1. The summed E-state index contributed by atoms with van der Waals surface area (Å²) in [4.78, 5) is 38.5. The molecule has 0 aliphatic heterocycles. The number of rotatable bonds is 10. The van der Waals surface area contributed by atoms with Gasteiger partial charge in [0.05, 0.1) is 0 Å². The molecular formula is C37H29Br2FN2O4. The number of nitrogens with one attached hydrogen (secondary N) is 1.